The van der Waals surface area contributed by atoms with E-state index >= 15 is 0 Å². The predicted octanol–water partition coefficient (Wildman–Crippen LogP) is 1.75. The molecular formula is C16H31N3O. The lowest BCUT2D eigenvalue weighted by atomic mass is 10.0. The van der Waals surface area contributed by atoms with Gasteiger partial charge in [0.05, 0.1) is 6.04 Å². The van der Waals surface area contributed by atoms with Gasteiger partial charge in [-0.25, -0.2) is 0 Å². The average molecular weight is 281 g/mol. The summed E-state index contributed by atoms with van der Waals surface area (Å²) in [5, 5.41) is 6.63. The van der Waals surface area contributed by atoms with Crippen LogP contribution in [-0.4, -0.2) is 48.6 Å². The number of amides is 1. The molecule has 2 fully saturated rings. The second-order valence-corrected chi connectivity index (χ2v) is 6.92. The number of hydrogen-bond donors (Lipinski definition) is 2. The normalized spacial score (nSPS) is 26.9. The molecule has 2 atom stereocenters. The molecule has 0 aromatic heterocycles. The fraction of sp³-hybridized carbons (Fsp3) is 0.938. The van der Waals surface area contributed by atoms with E-state index in [9.17, 15) is 4.79 Å². The summed E-state index contributed by atoms with van der Waals surface area (Å²) in [6, 6.07) is 1.01. The third kappa shape index (κ3) is 4.19. The standard InChI is InChI=1S/C16H31N3O/c1-12(2)11-13(3)18-16(20)15-5-4-10-19(15)14-6-8-17-9-7-14/h12-15,17H,4-11H2,1-3H3,(H,18,20). The number of piperidine rings is 1. The molecule has 2 saturated heterocycles. The number of carbonyl (C=O) groups is 1. The molecule has 0 saturated carbocycles. The zero-order valence-electron chi connectivity index (χ0n) is 13.3. The van der Waals surface area contributed by atoms with Gasteiger partial charge in [-0.2, -0.15) is 0 Å². The molecule has 2 aliphatic heterocycles. The third-order valence-electron chi connectivity index (χ3n) is 4.59. The highest BCUT2D eigenvalue weighted by Gasteiger charge is 2.35. The van der Waals surface area contributed by atoms with Gasteiger partial charge in [0.1, 0.15) is 0 Å². The fourth-order valence-corrected chi connectivity index (χ4v) is 3.75. The molecule has 0 aliphatic carbocycles. The molecule has 116 valence electrons. The van der Waals surface area contributed by atoms with E-state index in [2.05, 4.69) is 36.3 Å². The quantitative estimate of drug-likeness (QED) is 0.807. The molecule has 2 unspecified atom stereocenters. The fourth-order valence-electron chi connectivity index (χ4n) is 3.75. The highest BCUT2D eigenvalue weighted by atomic mass is 16.2. The van der Waals surface area contributed by atoms with Crippen molar-refractivity contribution in [3.05, 3.63) is 0 Å². The SMILES string of the molecule is CC(C)CC(C)NC(=O)C1CCCN1C1CCNCC1. The summed E-state index contributed by atoms with van der Waals surface area (Å²) in [4.78, 5) is 15.0. The van der Waals surface area contributed by atoms with Crippen LogP contribution in [0.5, 0.6) is 0 Å². The first kappa shape index (κ1) is 15.8. The maximum absolute atomic E-state index is 12.5. The molecule has 2 rings (SSSR count). The van der Waals surface area contributed by atoms with Gasteiger partial charge in [0.25, 0.3) is 0 Å². The molecule has 0 radical (unpaired) electrons. The molecule has 4 nitrogen and oxygen atoms in total. The van der Waals surface area contributed by atoms with E-state index in [1.54, 1.807) is 0 Å². The van der Waals surface area contributed by atoms with Gasteiger partial charge in [0.15, 0.2) is 0 Å². The van der Waals surface area contributed by atoms with Crippen LogP contribution < -0.4 is 10.6 Å². The van der Waals surface area contributed by atoms with Gasteiger partial charge in [-0.1, -0.05) is 13.8 Å². The number of rotatable bonds is 5. The van der Waals surface area contributed by atoms with E-state index < -0.39 is 0 Å². The van der Waals surface area contributed by atoms with Crippen molar-refractivity contribution < 1.29 is 4.79 Å². The maximum Gasteiger partial charge on any atom is 0.237 e. The minimum atomic E-state index is 0.118. The molecule has 2 aliphatic rings. The van der Waals surface area contributed by atoms with E-state index in [0.717, 1.165) is 32.5 Å². The van der Waals surface area contributed by atoms with Crippen LogP contribution in [0, 0.1) is 5.92 Å². The van der Waals surface area contributed by atoms with Crippen molar-refractivity contribution in [1.29, 1.82) is 0 Å². The van der Waals surface area contributed by atoms with Crippen molar-refractivity contribution in [2.75, 3.05) is 19.6 Å². The van der Waals surface area contributed by atoms with Gasteiger partial charge in [-0.3, -0.25) is 9.69 Å². The molecule has 0 aromatic carbocycles. The van der Waals surface area contributed by atoms with Crippen LogP contribution in [0.25, 0.3) is 0 Å². The summed E-state index contributed by atoms with van der Waals surface area (Å²) < 4.78 is 0. The number of nitrogens with one attached hydrogen (secondary N) is 2. The Morgan fingerprint density at radius 1 is 1.25 bits per heavy atom. The molecule has 0 spiro atoms. The van der Waals surface area contributed by atoms with Crippen LogP contribution in [0.3, 0.4) is 0 Å². The first-order valence-electron chi connectivity index (χ1n) is 8.34. The Hall–Kier alpha value is -0.610. The van der Waals surface area contributed by atoms with Gasteiger partial charge in [-0.05, 0) is 64.6 Å². The zero-order chi connectivity index (χ0) is 14.5. The average Bonchev–Trinajstić information content (AvgIpc) is 2.87. The van der Waals surface area contributed by atoms with E-state index in [1.165, 1.54) is 19.3 Å². The maximum atomic E-state index is 12.5. The van der Waals surface area contributed by atoms with Crippen molar-refractivity contribution in [3.8, 4) is 0 Å². The zero-order valence-corrected chi connectivity index (χ0v) is 13.3. The van der Waals surface area contributed by atoms with Crippen LogP contribution in [0.4, 0.5) is 0 Å². The summed E-state index contributed by atoms with van der Waals surface area (Å²) >= 11 is 0. The van der Waals surface area contributed by atoms with Gasteiger partial charge in [0.2, 0.25) is 5.91 Å². The number of carbonyl (C=O) groups excluding carboxylic acids is 1. The highest BCUT2D eigenvalue weighted by Crippen LogP contribution is 2.24. The van der Waals surface area contributed by atoms with Crippen molar-refractivity contribution >= 4 is 5.91 Å². The van der Waals surface area contributed by atoms with Crippen molar-refractivity contribution in [2.24, 2.45) is 5.92 Å². The number of nitrogens with zero attached hydrogens (tertiary/aromatic N) is 1. The Labute approximate surface area is 123 Å². The molecule has 0 bridgehead atoms. The predicted molar refractivity (Wildman–Crippen MR) is 82.7 cm³/mol. The van der Waals surface area contributed by atoms with E-state index in [1.807, 2.05) is 0 Å². The summed E-state index contributed by atoms with van der Waals surface area (Å²) in [6.07, 6.45) is 5.63. The second-order valence-electron chi connectivity index (χ2n) is 6.92. The van der Waals surface area contributed by atoms with Crippen LogP contribution in [-0.2, 0) is 4.79 Å². The summed E-state index contributed by atoms with van der Waals surface area (Å²) in [6.45, 7) is 9.83. The van der Waals surface area contributed by atoms with Gasteiger partial charge >= 0.3 is 0 Å². The number of hydrogen-bond acceptors (Lipinski definition) is 3. The molecule has 20 heavy (non-hydrogen) atoms. The Morgan fingerprint density at radius 3 is 2.60 bits per heavy atom. The van der Waals surface area contributed by atoms with Crippen LogP contribution >= 0.6 is 0 Å². The first-order valence-corrected chi connectivity index (χ1v) is 8.34. The highest BCUT2D eigenvalue weighted by molar-refractivity contribution is 5.82. The van der Waals surface area contributed by atoms with Gasteiger partial charge < -0.3 is 10.6 Å². The Balaban J connectivity index is 1.87. The smallest absolute Gasteiger partial charge is 0.237 e. The Kier molecular flexibility index (Phi) is 5.85. The van der Waals surface area contributed by atoms with Crippen LogP contribution in [0.15, 0.2) is 0 Å². The summed E-state index contributed by atoms with van der Waals surface area (Å²) in [5.74, 6) is 0.892. The number of likely N-dealkylation sites (tertiary alicyclic amines) is 1. The van der Waals surface area contributed by atoms with Gasteiger partial charge in [-0.15, -0.1) is 0 Å². The first-order chi connectivity index (χ1) is 9.58. The third-order valence-corrected chi connectivity index (χ3v) is 4.59. The van der Waals surface area contributed by atoms with Crippen LogP contribution in [0.2, 0.25) is 0 Å². The Morgan fingerprint density at radius 2 is 1.95 bits per heavy atom. The second kappa shape index (κ2) is 7.41. The lowest BCUT2D eigenvalue weighted by molar-refractivity contribution is -0.127. The summed E-state index contributed by atoms with van der Waals surface area (Å²) in [5.41, 5.74) is 0. The Bertz CT molecular complexity index is 313. The molecule has 2 heterocycles. The van der Waals surface area contributed by atoms with Crippen molar-refractivity contribution in [3.63, 3.8) is 0 Å². The lowest BCUT2D eigenvalue weighted by Crippen LogP contribution is -2.52. The minimum absolute atomic E-state index is 0.118. The summed E-state index contributed by atoms with van der Waals surface area (Å²) in [7, 11) is 0. The van der Waals surface area contributed by atoms with E-state index in [4.69, 9.17) is 0 Å². The van der Waals surface area contributed by atoms with Gasteiger partial charge in [0, 0.05) is 12.1 Å². The largest absolute Gasteiger partial charge is 0.352 e. The minimum Gasteiger partial charge on any atom is -0.352 e. The van der Waals surface area contributed by atoms with E-state index in [0.29, 0.717) is 12.0 Å². The van der Waals surface area contributed by atoms with Crippen molar-refractivity contribution in [2.45, 2.75) is 71.0 Å². The van der Waals surface area contributed by atoms with E-state index in [-0.39, 0.29) is 18.0 Å². The molecule has 0 aromatic rings. The lowest BCUT2D eigenvalue weighted by Gasteiger charge is -2.35. The molecule has 4 heteroatoms. The topological polar surface area (TPSA) is 44.4 Å². The van der Waals surface area contributed by atoms with Crippen molar-refractivity contribution in [1.82, 2.24) is 15.5 Å². The monoisotopic (exact) mass is 281 g/mol. The molecule has 2 N–H and O–H groups in total. The molecular weight excluding hydrogens is 250 g/mol. The van der Waals surface area contributed by atoms with Crippen LogP contribution in [0.1, 0.15) is 52.9 Å². The molecule has 1 amide bonds.